The number of hydrogen-bond donors (Lipinski definition) is 1. The smallest absolute Gasteiger partial charge is 0.284 e. The number of quaternary nitrogens is 1. The second kappa shape index (κ2) is 6.41. The van der Waals surface area contributed by atoms with Crippen molar-refractivity contribution in [1.82, 2.24) is 0 Å². The molecule has 0 radical (unpaired) electrons. The van der Waals surface area contributed by atoms with Crippen LogP contribution in [-0.4, -0.2) is 25.5 Å². The van der Waals surface area contributed by atoms with Gasteiger partial charge in [0.25, 0.3) is 5.91 Å². The second-order valence-corrected chi connectivity index (χ2v) is 7.62. The Morgan fingerprint density at radius 3 is 2.86 bits per heavy atom. The molecule has 1 aliphatic heterocycles. The third kappa shape index (κ3) is 3.05. The molecule has 1 unspecified atom stereocenters. The molecule has 3 rings (SSSR count). The van der Waals surface area contributed by atoms with Crippen molar-refractivity contribution >= 4 is 34.5 Å². The van der Waals surface area contributed by atoms with Gasteiger partial charge in [-0.2, -0.15) is 0 Å². The van der Waals surface area contributed by atoms with E-state index in [1.54, 1.807) is 11.3 Å². The molecule has 5 heteroatoms. The SMILES string of the molecule is C[C@@H](C(=O)N1CCc2ccccc21)[NH+](C)Cc1ccc(Cl)s1. The number of benzene rings is 1. The van der Waals surface area contributed by atoms with Gasteiger partial charge in [0.05, 0.1) is 16.3 Å². The van der Waals surface area contributed by atoms with Crippen molar-refractivity contribution in [2.24, 2.45) is 0 Å². The molecule has 3 nitrogen and oxygen atoms in total. The summed E-state index contributed by atoms with van der Waals surface area (Å²) in [7, 11) is 2.07. The highest BCUT2D eigenvalue weighted by Gasteiger charge is 2.32. The Kier molecular flexibility index (Phi) is 4.52. The predicted octanol–water partition coefficient (Wildman–Crippen LogP) is 2.39. The summed E-state index contributed by atoms with van der Waals surface area (Å²) in [4.78, 5) is 17.2. The minimum Gasteiger partial charge on any atom is -0.323 e. The van der Waals surface area contributed by atoms with Gasteiger partial charge in [0.15, 0.2) is 6.04 Å². The standard InChI is InChI=1S/C17H19ClN2OS/c1-12(19(2)11-14-7-8-16(18)22-14)17(21)20-10-9-13-5-3-4-6-15(13)20/h3-8,12H,9-11H2,1-2H3/p+1/t12-/m0/s1. The number of halogens is 1. The van der Waals surface area contributed by atoms with Crippen LogP contribution in [0, 0.1) is 0 Å². The highest BCUT2D eigenvalue weighted by atomic mass is 35.5. The van der Waals surface area contributed by atoms with Gasteiger partial charge < -0.3 is 9.80 Å². The van der Waals surface area contributed by atoms with Gasteiger partial charge in [-0.15, -0.1) is 11.3 Å². The number of hydrogen-bond acceptors (Lipinski definition) is 2. The van der Waals surface area contributed by atoms with E-state index in [0.717, 1.165) is 29.5 Å². The zero-order valence-electron chi connectivity index (χ0n) is 12.8. The molecule has 116 valence electrons. The summed E-state index contributed by atoms with van der Waals surface area (Å²) in [6, 6.07) is 12.1. The second-order valence-electron chi connectivity index (χ2n) is 5.82. The Hall–Kier alpha value is -1.36. The maximum absolute atomic E-state index is 12.8. The monoisotopic (exact) mass is 335 g/mol. The maximum Gasteiger partial charge on any atom is 0.284 e. The minimum atomic E-state index is -0.0768. The number of nitrogens with one attached hydrogen (secondary N) is 1. The average Bonchev–Trinajstić information content (AvgIpc) is 3.12. The molecule has 1 amide bonds. The normalized spacial score (nSPS) is 16.4. The first-order valence-corrected chi connectivity index (χ1v) is 8.71. The molecule has 2 aromatic rings. The number of rotatable bonds is 4. The summed E-state index contributed by atoms with van der Waals surface area (Å²) >= 11 is 7.57. The van der Waals surface area contributed by atoms with Crippen molar-refractivity contribution < 1.29 is 9.69 Å². The van der Waals surface area contributed by atoms with E-state index >= 15 is 0 Å². The van der Waals surface area contributed by atoms with Gasteiger partial charge in [-0.3, -0.25) is 4.79 Å². The van der Waals surface area contributed by atoms with Crippen LogP contribution in [-0.2, 0) is 17.8 Å². The molecule has 0 spiro atoms. The van der Waals surface area contributed by atoms with Gasteiger partial charge in [-0.1, -0.05) is 29.8 Å². The quantitative estimate of drug-likeness (QED) is 0.911. The fourth-order valence-corrected chi connectivity index (χ4v) is 4.07. The molecule has 1 aliphatic rings. The first-order valence-electron chi connectivity index (χ1n) is 7.52. The Balaban J connectivity index is 1.69. The van der Waals surface area contributed by atoms with Crippen molar-refractivity contribution in [3.05, 3.63) is 51.2 Å². The molecular formula is C17H20ClN2OS+. The Labute approximate surface area is 140 Å². The molecule has 2 heterocycles. The summed E-state index contributed by atoms with van der Waals surface area (Å²) in [6.07, 6.45) is 0.953. The van der Waals surface area contributed by atoms with Crippen molar-refractivity contribution in [3.8, 4) is 0 Å². The highest BCUT2D eigenvalue weighted by molar-refractivity contribution is 7.16. The van der Waals surface area contributed by atoms with Crippen LogP contribution >= 0.6 is 22.9 Å². The lowest BCUT2D eigenvalue weighted by Gasteiger charge is -2.25. The van der Waals surface area contributed by atoms with Crippen LogP contribution < -0.4 is 9.80 Å². The largest absolute Gasteiger partial charge is 0.323 e. The third-order valence-corrected chi connectivity index (χ3v) is 5.58. The number of amides is 1. The zero-order valence-corrected chi connectivity index (χ0v) is 14.4. The molecule has 1 aromatic heterocycles. The van der Waals surface area contributed by atoms with E-state index in [0.29, 0.717) is 0 Å². The minimum absolute atomic E-state index is 0.0768. The zero-order chi connectivity index (χ0) is 15.7. The van der Waals surface area contributed by atoms with Crippen molar-refractivity contribution in [2.45, 2.75) is 25.9 Å². The number of anilines is 1. The molecule has 0 bridgehead atoms. The van der Waals surface area contributed by atoms with Gasteiger partial charge in [0, 0.05) is 12.2 Å². The van der Waals surface area contributed by atoms with Crippen LogP contribution in [0.3, 0.4) is 0 Å². The van der Waals surface area contributed by atoms with Crippen molar-refractivity contribution in [2.75, 3.05) is 18.5 Å². The summed E-state index contributed by atoms with van der Waals surface area (Å²) in [5.41, 5.74) is 2.34. The number of likely N-dealkylation sites (N-methyl/N-ethyl adjacent to an activating group) is 1. The van der Waals surface area contributed by atoms with Crippen molar-refractivity contribution in [1.29, 1.82) is 0 Å². The Morgan fingerprint density at radius 2 is 2.14 bits per heavy atom. The molecule has 1 aromatic carbocycles. The fraction of sp³-hybridized carbons (Fsp3) is 0.353. The number of thiophene rings is 1. The number of carbonyl (C=O) groups excluding carboxylic acids is 1. The third-order valence-electron chi connectivity index (χ3n) is 4.34. The molecule has 0 fully saturated rings. The predicted molar refractivity (Wildman–Crippen MR) is 91.9 cm³/mol. The van der Waals surface area contributed by atoms with Gasteiger partial charge >= 0.3 is 0 Å². The lowest BCUT2D eigenvalue weighted by Crippen LogP contribution is -3.12. The van der Waals surface area contributed by atoms with Crippen LogP contribution in [0.1, 0.15) is 17.4 Å². The van der Waals surface area contributed by atoms with Crippen LogP contribution in [0.25, 0.3) is 0 Å². The lowest BCUT2D eigenvalue weighted by atomic mass is 10.2. The van der Waals surface area contributed by atoms with E-state index in [-0.39, 0.29) is 11.9 Å². The number of fused-ring (bicyclic) bond motifs is 1. The first kappa shape index (κ1) is 15.5. The van der Waals surface area contributed by atoms with Gasteiger partial charge in [0.2, 0.25) is 0 Å². The number of para-hydroxylation sites is 1. The summed E-state index contributed by atoms with van der Waals surface area (Å²) in [5.74, 6) is 0.199. The molecule has 2 atom stereocenters. The van der Waals surface area contributed by atoms with Crippen molar-refractivity contribution in [3.63, 3.8) is 0 Å². The first-order chi connectivity index (χ1) is 10.6. The molecule has 0 saturated carbocycles. The van der Waals surface area contributed by atoms with E-state index in [1.807, 2.05) is 42.2 Å². The van der Waals surface area contributed by atoms with Crippen LogP contribution in [0.2, 0.25) is 4.34 Å². The van der Waals surface area contributed by atoms with Gasteiger partial charge in [0.1, 0.15) is 6.54 Å². The number of nitrogens with zero attached hydrogens (tertiary/aromatic N) is 1. The topological polar surface area (TPSA) is 24.8 Å². The maximum atomic E-state index is 12.8. The lowest BCUT2D eigenvalue weighted by molar-refractivity contribution is -0.907. The van der Waals surface area contributed by atoms with E-state index in [1.165, 1.54) is 15.3 Å². The van der Waals surface area contributed by atoms with E-state index < -0.39 is 0 Å². The van der Waals surface area contributed by atoms with E-state index in [2.05, 4.69) is 13.1 Å². The summed E-state index contributed by atoms with van der Waals surface area (Å²) < 4.78 is 0.801. The number of carbonyl (C=O) groups is 1. The molecule has 0 saturated heterocycles. The van der Waals surface area contributed by atoms with Crippen LogP contribution in [0.15, 0.2) is 36.4 Å². The van der Waals surface area contributed by atoms with Crippen LogP contribution in [0.5, 0.6) is 0 Å². The van der Waals surface area contributed by atoms with Crippen LogP contribution in [0.4, 0.5) is 5.69 Å². The summed E-state index contributed by atoms with van der Waals surface area (Å²) in [5, 5.41) is 0. The molecule has 22 heavy (non-hydrogen) atoms. The highest BCUT2D eigenvalue weighted by Crippen LogP contribution is 2.27. The van der Waals surface area contributed by atoms with Gasteiger partial charge in [-0.05, 0) is 37.1 Å². The average molecular weight is 336 g/mol. The van der Waals surface area contributed by atoms with E-state index in [9.17, 15) is 4.79 Å². The molecular weight excluding hydrogens is 316 g/mol. The van der Waals surface area contributed by atoms with Gasteiger partial charge in [-0.25, -0.2) is 0 Å². The fourth-order valence-electron chi connectivity index (χ4n) is 2.89. The summed E-state index contributed by atoms with van der Waals surface area (Å²) in [6.45, 7) is 3.62. The Bertz CT molecular complexity index is 685. The molecule has 1 N–H and O–H groups in total. The molecule has 0 aliphatic carbocycles. The Morgan fingerprint density at radius 1 is 1.36 bits per heavy atom. The van der Waals surface area contributed by atoms with E-state index in [4.69, 9.17) is 11.6 Å².